The number of urea groups is 1. The molecule has 2 heterocycles. The van der Waals surface area contributed by atoms with Crippen molar-refractivity contribution in [3.8, 4) is 0 Å². The minimum Gasteiger partial charge on any atom is -0.339 e. The minimum absolute atomic E-state index is 0.166. The van der Waals surface area contributed by atoms with Crippen LogP contribution in [-0.4, -0.2) is 37.8 Å². The first kappa shape index (κ1) is 16.8. The predicted octanol–water partition coefficient (Wildman–Crippen LogP) is 2.48. The van der Waals surface area contributed by atoms with E-state index < -0.39 is 0 Å². The Morgan fingerprint density at radius 2 is 2.12 bits per heavy atom. The Labute approximate surface area is 144 Å². The number of carbonyl (C=O) groups is 1. The van der Waals surface area contributed by atoms with Crippen molar-refractivity contribution in [1.29, 1.82) is 0 Å². The van der Waals surface area contributed by atoms with E-state index in [0.29, 0.717) is 37.3 Å². The van der Waals surface area contributed by atoms with Crippen molar-refractivity contribution in [2.75, 3.05) is 6.54 Å². The molecule has 0 spiro atoms. The molecule has 130 valence electrons. The number of hydrogen-bond donors (Lipinski definition) is 1. The van der Waals surface area contributed by atoms with E-state index in [1.165, 1.54) is 17.8 Å². The molecule has 0 aromatic carbocycles. The Kier molecular flexibility index (Phi) is 5.39. The zero-order valence-corrected chi connectivity index (χ0v) is 14.8. The van der Waals surface area contributed by atoms with Gasteiger partial charge < -0.3 is 14.7 Å². The summed E-state index contributed by atoms with van der Waals surface area (Å²) < 4.78 is 5.30. The molecule has 0 radical (unpaired) electrons. The summed E-state index contributed by atoms with van der Waals surface area (Å²) >= 11 is 1.52. The third kappa shape index (κ3) is 3.89. The number of aryl methyl sites for hydroxylation is 1. The van der Waals surface area contributed by atoms with Crippen LogP contribution in [0.25, 0.3) is 0 Å². The lowest BCUT2D eigenvalue weighted by Gasteiger charge is -2.20. The highest BCUT2D eigenvalue weighted by atomic mass is 32.1. The zero-order valence-electron chi connectivity index (χ0n) is 14.0. The first-order chi connectivity index (χ1) is 11.7. The van der Waals surface area contributed by atoms with Gasteiger partial charge in [-0.2, -0.15) is 4.98 Å². The maximum absolute atomic E-state index is 12.3. The molecule has 0 saturated heterocycles. The van der Waals surface area contributed by atoms with E-state index in [2.05, 4.69) is 25.7 Å². The van der Waals surface area contributed by atoms with E-state index in [1.54, 1.807) is 4.90 Å². The Hall–Kier alpha value is -2.03. The monoisotopic (exact) mass is 350 g/mol. The average Bonchev–Trinajstić information content (AvgIpc) is 3.18. The van der Waals surface area contributed by atoms with E-state index >= 15 is 0 Å². The number of nitrogens with one attached hydrogen (secondary N) is 1. The molecule has 9 heteroatoms. The quantitative estimate of drug-likeness (QED) is 0.824. The van der Waals surface area contributed by atoms with Gasteiger partial charge >= 0.3 is 6.03 Å². The second kappa shape index (κ2) is 7.69. The van der Waals surface area contributed by atoms with E-state index in [0.717, 1.165) is 29.3 Å². The van der Waals surface area contributed by atoms with Crippen LogP contribution in [0.2, 0.25) is 0 Å². The molecule has 8 nitrogen and oxygen atoms in total. The molecule has 1 N–H and O–H groups in total. The highest BCUT2D eigenvalue weighted by Gasteiger charge is 2.26. The lowest BCUT2D eigenvalue weighted by Crippen LogP contribution is -2.39. The standard InChI is InChI=1S/C15H22N6O2S/c1-3-12-18-19-13(24-12)8-16-15(22)21(4-2)9-11-17-14(23-20-11)10-6-5-7-10/h10H,3-9H2,1-2H3,(H,16,22). The normalized spacial score (nSPS) is 14.4. The number of aromatic nitrogens is 4. The highest BCUT2D eigenvalue weighted by molar-refractivity contribution is 7.11. The maximum atomic E-state index is 12.3. The number of nitrogens with zero attached hydrogens (tertiary/aromatic N) is 5. The highest BCUT2D eigenvalue weighted by Crippen LogP contribution is 2.35. The van der Waals surface area contributed by atoms with E-state index in [-0.39, 0.29) is 6.03 Å². The van der Waals surface area contributed by atoms with Crippen molar-refractivity contribution >= 4 is 17.4 Å². The smallest absolute Gasteiger partial charge is 0.318 e. The van der Waals surface area contributed by atoms with Gasteiger partial charge in [-0.1, -0.05) is 29.8 Å². The van der Waals surface area contributed by atoms with Crippen molar-refractivity contribution in [2.24, 2.45) is 0 Å². The molecule has 0 unspecified atom stereocenters. The summed E-state index contributed by atoms with van der Waals surface area (Å²) in [5.41, 5.74) is 0. The molecular weight excluding hydrogens is 328 g/mol. The van der Waals surface area contributed by atoms with Crippen LogP contribution in [0.15, 0.2) is 4.52 Å². The van der Waals surface area contributed by atoms with Crippen molar-refractivity contribution in [1.82, 2.24) is 30.6 Å². The molecule has 1 aliphatic rings. The van der Waals surface area contributed by atoms with Crippen LogP contribution in [0.4, 0.5) is 4.79 Å². The van der Waals surface area contributed by atoms with Crippen molar-refractivity contribution < 1.29 is 9.32 Å². The molecule has 2 aromatic heterocycles. The second-order valence-corrected chi connectivity index (χ2v) is 6.94. The molecule has 0 atom stereocenters. The molecular formula is C15H22N6O2S. The van der Waals surface area contributed by atoms with E-state index in [4.69, 9.17) is 4.52 Å². The largest absolute Gasteiger partial charge is 0.339 e. The molecule has 24 heavy (non-hydrogen) atoms. The van der Waals surface area contributed by atoms with Gasteiger partial charge in [-0.25, -0.2) is 4.79 Å². The van der Waals surface area contributed by atoms with Crippen molar-refractivity contribution in [3.05, 3.63) is 21.7 Å². The van der Waals surface area contributed by atoms with Crippen LogP contribution in [0.1, 0.15) is 60.8 Å². The van der Waals surface area contributed by atoms with Gasteiger partial charge in [0.2, 0.25) is 5.89 Å². The van der Waals surface area contributed by atoms with Gasteiger partial charge in [-0.05, 0) is 26.2 Å². The Balaban J connectivity index is 1.52. The van der Waals surface area contributed by atoms with Crippen LogP contribution < -0.4 is 5.32 Å². The van der Waals surface area contributed by atoms with Crippen LogP contribution in [0.5, 0.6) is 0 Å². The average molecular weight is 350 g/mol. The van der Waals surface area contributed by atoms with Gasteiger partial charge in [0.1, 0.15) is 10.0 Å². The number of rotatable bonds is 7. The van der Waals surface area contributed by atoms with Crippen LogP contribution in [0.3, 0.4) is 0 Å². The molecule has 1 fully saturated rings. The molecule has 1 aliphatic carbocycles. The number of carbonyl (C=O) groups excluding carboxylic acids is 1. The first-order valence-electron chi connectivity index (χ1n) is 8.36. The van der Waals surface area contributed by atoms with Gasteiger partial charge in [0.25, 0.3) is 0 Å². The third-order valence-electron chi connectivity index (χ3n) is 4.14. The summed E-state index contributed by atoms with van der Waals surface area (Å²) in [5.74, 6) is 1.66. The van der Waals surface area contributed by atoms with Crippen LogP contribution in [-0.2, 0) is 19.5 Å². The fourth-order valence-electron chi connectivity index (χ4n) is 2.42. The fraction of sp³-hybridized carbons (Fsp3) is 0.667. The fourth-order valence-corrected chi connectivity index (χ4v) is 3.14. The maximum Gasteiger partial charge on any atom is 0.318 e. The van der Waals surface area contributed by atoms with Gasteiger partial charge in [0.05, 0.1) is 13.1 Å². The van der Waals surface area contributed by atoms with Crippen LogP contribution >= 0.6 is 11.3 Å². The SMILES string of the molecule is CCc1nnc(CNC(=O)N(CC)Cc2noc(C3CCC3)n2)s1. The number of hydrogen-bond acceptors (Lipinski definition) is 7. The summed E-state index contributed by atoms with van der Waals surface area (Å²) in [6, 6.07) is -0.166. The Morgan fingerprint density at radius 1 is 1.33 bits per heavy atom. The van der Waals surface area contributed by atoms with Gasteiger partial charge in [0, 0.05) is 12.5 Å². The molecule has 3 rings (SSSR count). The van der Waals surface area contributed by atoms with Gasteiger partial charge in [0.15, 0.2) is 5.82 Å². The summed E-state index contributed by atoms with van der Waals surface area (Å²) in [5, 5.41) is 16.8. The van der Waals surface area contributed by atoms with Crippen molar-refractivity contribution in [3.63, 3.8) is 0 Å². The molecule has 2 aromatic rings. The molecule has 1 saturated carbocycles. The van der Waals surface area contributed by atoms with E-state index in [1.807, 2.05) is 13.8 Å². The topological polar surface area (TPSA) is 97.0 Å². The zero-order chi connectivity index (χ0) is 16.9. The van der Waals surface area contributed by atoms with E-state index in [9.17, 15) is 4.79 Å². The Bertz CT molecular complexity index is 681. The van der Waals surface area contributed by atoms with Gasteiger partial charge in [-0.15, -0.1) is 10.2 Å². The Morgan fingerprint density at radius 3 is 2.75 bits per heavy atom. The lowest BCUT2D eigenvalue weighted by molar-refractivity contribution is 0.195. The molecule has 0 aliphatic heterocycles. The lowest BCUT2D eigenvalue weighted by atomic mass is 9.85. The summed E-state index contributed by atoms with van der Waals surface area (Å²) in [4.78, 5) is 18.4. The molecule has 2 amide bonds. The van der Waals surface area contributed by atoms with Crippen LogP contribution in [0, 0.1) is 0 Å². The third-order valence-corrected chi connectivity index (χ3v) is 5.21. The summed E-state index contributed by atoms with van der Waals surface area (Å²) in [6.45, 7) is 5.24. The molecule has 0 bridgehead atoms. The summed E-state index contributed by atoms with van der Waals surface area (Å²) in [6.07, 6.45) is 4.30. The first-order valence-corrected chi connectivity index (χ1v) is 9.17. The summed E-state index contributed by atoms with van der Waals surface area (Å²) in [7, 11) is 0. The predicted molar refractivity (Wildman–Crippen MR) is 88.5 cm³/mol. The minimum atomic E-state index is -0.166. The second-order valence-electron chi connectivity index (χ2n) is 5.79. The van der Waals surface area contributed by atoms with Gasteiger partial charge in [-0.3, -0.25) is 0 Å². The van der Waals surface area contributed by atoms with Crippen molar-refractivity contribution in [2.45, 2.75) is 58.5 Å². The number of amides is 2.